The van der Waals surface area contributed by atoms with Crippen molar-refractivity contribution in [2.75, 3.05) is 25.6 Å². The first-order valence-electron chi connectivity index (χ1n) is 7.72. The molecule has 1 saturated carbocycles. The van der Waals surface area contributed by atoms with Crippen LogP contribution in [0.3, 0.4) is 0 Å². The number of hydrogen-bond donors (Lipinski definition) is 4. The lowest BCUT2D eigenvalue weighted by Gasteiger charge is -2.44. The Bertz CT molecular complexity index is 451. The van der Waals surface area contributed by atoms with Crippen LogP contribution in [0.4, 0.5) is 4.79 Å². The highest BCUT2D eigenvalue weighted by Gasteiger charge is 2.48. The first kappa shape index (κ1) is 19.3. The zero-order valence-electron chi connectivity index (χ0n) is 12.9. The van der Waals surface area contributed by atoms with Gasteiger partial charge >= 0.3 is 6.03 Å². The highest BCUT2D eigenvalue weighted by Crippen LogP contribution is 2.33. The van der Waals surface area contributed by atoms with Crippen molar-refractivity contribution < 1.29 is 30.0 Å². The van der Waals surface area contributed by atoms with Gasteiger partial charge in [0.05, 0.1) is 18.4 Å². The van der Waals surface area contributed by atoms with E-state index in [0.29, 0.717) is 5.01 Å². The second-order valence-corrected chi connectivity index (χ2v) is 6.37. The fraction of sp³-hybridized carbons (Fsp3) is 0.923. The summed E-state index contributed by atoms with van der Waals surface area (Å²) in [6.45, 7) is -0.539. The van der Waals surface area contributed by atoms with Gasteiger partial charge in [-0.05, 0) is 18.8 Å². The van der Waals surface area contributed by atoms with Gasteiger partial charge in [-0.15, -0.1) is 16.5 Å². The molecule has 0 aromatic heterocycles. The van der Waals surface area contributed by atoms with Crippen LogP contribution in [0.15, 0.2) is 5.29 Å². The summed E-state index contributed by atoms with van der Waals surface area (Å²) in [5.74, 6) is 0.175. The highest BCUT2D eigenvalue weighted by molar-refractivity contribution is 6.18. The molecule has 2 fully saturated rings. The second-order valence-electron chi connectivity index (χ2n) is 5.99. The summed E-state index contributed by atoms with van der Waals surface area (Å²) in [5, 5.41) is 42.4. The minimum atomic E-state index is -1.61. The minimum Gasteiger partial charge on any atom is -0.394 e. The molecule has 5 atom stereocenters. The summed E-state index contributed by atoms with van der Waals surface area (Å²) in [5.41, 5.74) is 0. The van der Waals surface area contributed by atoms with Crippen LogP contribution in [-0.2, 0) is 4.74 Å². The van der Waals surface area contributed by atoms with Gasteiger partial charge in [0.15, 0.2) is 6.23 Å². The minimum absolute atomic E-state index is 0.0105. The molecular weight excluding hydrogens is 346 g/mol. The Kier molecular flexibility index (Phi) is 6.72. The normalized spacial score (nSPS) is 33.1. The number of aliphatic hydroxyl groups is 4. The summed E-state index contributed by atoms with van der Waals surface area (Å²) in [6.07, 6.45) is -5.45. The predicted molar refractivity (Wildman–Crippen MR) is 81.8 cm³/mol. The molecule has 11 heteroatoms. The van der Waals surface area contributed by atoms with E-state index in [2.05, 4.69) is 5.29 Å². The summed E-state index contributed by atoms with van der Waals surface area (Å²) in [7, 11) is 0. The fourth-order valence-electron chi connectivity index (χ4n) is 2.61. The quantitative estimate of drug-likeness (QED) is 0.252. The Balaban J connectivity index is 2.21. The number of urea groups is 1. The van der Waals surface area contributed by atoms with E-state index in [4.69, 9.17) is 16.3 Å². The molecule has 1 saturated heterocycles. The number of nitrogens with zero attached hydrogens (tertiary/aromatic N) is 3. The van der Waals surface area contributed by atoms with Crippen LogP contribution in [0.1, 0.15) is 12.8 Å². The van der Waals surface area contributed by atoms with Crippen LogP contribution >= 0.6 is 11.6 Å². The van der Waals surface area contributed by atoms with Gasteiger partial charge in [-0.2, -0.15) is 5.01 Å². The molecule has 24 heavy (non-hydrogen) atoms. The Morgan fingerprint density at radius 3 is 2.38 bits per heavy atom. The van der Waals surface area contributed by atoms with Crippen molar-refractivity contribution in [1.82, 2.24) is 9.91 Å². The molecule has 1 unspecified atom stereocenters. The van der Waals surface area contributed by atoms with Crippen molar-refractivity contribution in [3.05, 3.63) is 4.91 Å². The van der Waals surface area contributed by atoms with E-state index in [9.17, 15) is 30.1 Å². The second kappa shape index (κ2) is 8.37. The number of carbonyl (C=O) groups is 1. The molecule has 2 rings (SSSR count). The largest absolute Gasteiger partial charge is 0.394 e. The number of alkyl halides is 1. The number of hydrogen-bond acceptors (Lipinski definition) is 8. The Morgan fingerprint density at radius 1 is 1.21 bits per heavy atom. The SMILES string of the molecule is O=NN(CCCl)C(=O)N(CC1CC1)C1O[C@H](CO)[C@H](O)[C@H](O)[C@H]1O. The van der Waals surface area contributed by atoms with E-state index in [1.807, 2.05) is 0 Å². The summed E-state index contributed by atoms with van der Waals surface area (Å²) < 4.78 is 5.41. The zero-order valence-corrected chi connectivity index (χ0v) is 13.7. The lowest BCUT2D eigenvalue weighted by atomic mass is 9.97. The Hall–Kier alpha value is -1.04. The number of aliphatic hydroxyl groups excluding tert-OH is 4. The molecule has 1 aliphatic heterocycles. The number of amides is 2. The van der Waals surface area contributed by atoms with E-state index in [1.54, 1.807) is 0 Å². The maximum absolute atomic E-state index is 12.6. The highest BCUT2D eigenvalue weighted by atomic mass is 35.5. The van der Waals surface area contributed by atoms with Crippen molar-refractivity contribution in [2.45, 2.75) is 43.5 Å². The fourth-order valence-corrected chi connectivity index (χ4v) is 2.77. The molecule has 0 radical (unpaired) electrons. The van der Waals surface area contributed by atoms with E-state index in [-0.39, 0.29) is 24.9 Å². The van der Waals surface area contributed by atoms with Gasteiger partial charge in [0, 0.05) is 12.4 Å². The van der Waals surface area contributed by atoms with E-state index < -0.39 is 43.3 Å². The molecule has 2 amide bonds. The molecule has 10 nitrogen and oxygen atoms in total. The van der Waals surface area contributed by atoms with Crippen LogP contribution in [-0.4, -0.2) is 92.6 Å². The van der Waals surface area contributed by atoms with Crippen LogP contribution in [0, 0.1) is 10.8 Å². The average molecular weight is 368 g/mol. The van der Waals surface area contributed by atoms with E-state index in [0.717, 1.165) is 17.7 Å². The van der Waals surface area contributed by atoms with Crippen LogP contribution in [0.2, 0.25) is 0 Å². The van der Waals surface area contributed by atoms with Crippen molar-refractivity contribution in [1.29, 1.82) is 0 Å². The molecule has 0 bridgehead atoms. The van der Waals surface area contributed by atoms with Gasteiger partial charge in [0.2, 0.25) is 0 Å². The molecule has 1 aliphatic carbocycles. The standard InChI is InChI=1S/C13H22ClN3O7/c14-3-4-17(15-23)13(22)16(5-7-1-2-7)12-11(21)10(20)9(19)8(6-18)24-12/h7-12,18-21H,1-6H2/t8-,9+,10+,11-,12?/m1/s1. The van der Waals surface area contributed by atoms with Crippen molar-refractivity contribution in [3.8, 4) is 0 Å². The monoisotopic (exact) mass is 367 g/mol. The molecule has 4 N–H and O–H groups in total. The third-order valence-electron chi connectivity index (χ3n) is 4.19. The Labute approximate surface area is 143 Å². The topological polar surface area (TPSA) is 143 Å². The number of ether oxygens (including phenoxy) is 1. The van der Waals surface area contributed by atoms with Crippen molar-refractivity contribution in [3.63, 3.8) is 0 Å². The van der Waals surface area contributed by atoms with Crippen molar-refractivity contribution >= 4 is 17.6 Å². The first-order valence-corrected chi connectivity index (χ1v) is 8.25. The molecule has 0 spiro atoms. The van der Waals surface area contributed by atoms with Gasteiger partial charge in [-0.1, -0.05) is 0 Å². The first-order chi connectivity index (χ1) is 11.4. The predicted octanol–water partition coefficient (Wildman–Crippen LogP) is -1.16. The maximum atomic E-state index is 12.6. The third kappa shape index (κ3) is 4.13. The van der Waals surface area contributed by atoms with E-state index >= 15 is 0 Å². The van der Waals surface area contributed by atoms with Crippen LogP contribution in [0.25, 0.3) is 0 Å². The van der Waals surface area contributed by atoms with Crippen LogP contribution in [0.5, 0.6) is 0 Å². The lowest BCUT2D eigenvalue weighted by molar-refractivity contribution is -0.258. The number of rotatable bonds is 7. The lowest BCUT2D eigenvalue weighted by Crippen LogP contribution is -2.65. The molecule has 138 valence electrons. The molecule has 1 heterocycles. The van der Waals surface area contributed by atoms with Gasteiger partial charge in [0.1, 0.15) is 24.4 Å². The van der Waals surface area contributed by atoms with Gasteiger partial charge in [-0.25, -0.2) is 4.79 Å². The van der Waals surface area contributed by atoms with E-state index in [1.165, 1.54) is 0 Å². The van der Waals surface area contributed by atoms with Gasteiger partial charge in [0.25, 0.3) is 0 Å². The van der Waals surface area contributed by atoms with Crippen molar-refractivity contribution in [2.24, 2.45) is 11.2 Å². The molecular formula is C13H22ClN3O7. The average Bonchev–Trinajstić information content (AvgIpc) is 3.40. The smallest absolute Gasteiger partial charge is 0.345 e. The number of carbonyl (C=O) groups excluding carboxylic acids is 1. The third-order valence-corrected chi connectivity index (χ3v) is 4.36. The maximum Gasteiger partial charge on any atom is 0.345 e. The van der Waals surface area contributed by atoms with Gasteiger partial charge in [-0.3, -0.25) is 4.90 Å². The number of nitroso groups, excluding NO2 is 1. The summed E-state index contributed by atoms with van der Waals surface area (Å²) in [4.78, 5) is 24.5. The van der Waals surface area contributed by atoms with Crippen LogP contribution < -0.4 is 0 Å². The molecule has 2 aliphatic rings. The zero-order chi connectivity index (χ0) is 17.9. The molecule has 0 aromatic rings. The van der Waals surface area contributed by atoms with Gasteiger partial charge < -0.3 is 25.2 Å². The number of halogens is 1. The Morgan fingerprint density at radius 2 is 1.88 bits per heavy atom. The molecule has 0 aromatic carbocycles. The summed E-state index contributed by atoms with van der Waals surface area (Å²) >= 11 is 5.55. The summed E-state index contributed by atoms with van der Waals surface area (Å²) in [6, 6.07) is -0.818.